The standard InChI is InChI=1S/C12H15NO2/c1-13(2)11-6-5-8-3-4-9(12(14)15)7-10(8)11/h3-4,7,11H,5-6H2,1-2H3,(H,14,15). The number of fused-ring (bicyclic) bond motifs is 1. The molecular weight excluding hydrogens is 190 g/mol. The average molecular weight is 205 g/mol. The molecule has 2 rings (SSSR count). The molecule has 0 aromatic heterocycles. The fourth-order valence-electron chi connectivity index (χ4n) is 2.25. The minimum atomic E-state index is -0.845. The molecule has 0 aliphatic heterocycles. The predicted octanol–water partition coefficient (Wildman–Crippen LogP) is 1.93. The Kier molecular flexibility index (Phi) is 2.49. The van der Waals surface area contributed by atoms with Gasteiger partial charge in [0.15, 0.2) is 0 Å². The summed E-state index contributed by atoms with van der Waals surface area (Å²) in [5, 5.41) is 8.93. The number of carboxylic acid groups (broad SMARTS) is 1. The van der Waals surface area contributed by atoms with Crippen LogP contribution >= 0.6 is 0 Å². The zero-order valence-corrected chi connectivity index (χ0v) is 9.03. The molecule has 80 valence electrons. The third-order valence-electron chi connectivity index (χ3n) is 3.06. The molecule has 15 heavy (non-hydrogen) atoms. The van der Waals surface area contributed by atoms with Gasteiger partial charge in [-0.1, -0.05) is 6.07 Å². The van der Waals surface area contributed by atoms with Crippen molar-refractivity contribution in [1.82, 2.24) is 4.90 Å². The van der Waals surface area contributed by atoms with Crippen LogP contribution in [0.3, 0.4) is 0 Å². The minimum Gasteiger partial charge on any atom is -0.478 e. The van der Waals surface area contributed by atoms with Crippen molar-refractivity contribution in [2.45, 2.75) is 18.9 Å². The van der Waals surface area contributed by atoms with E-state index in [0.717, 1.165) is 12.8 Å². The Morgan fingerprint density at radius 3 is 2.80 bits per heavy atom. The highest BCUT2D eigenvalue weighted by molar-refractivity contribution is 5.88. The minimum absolute atomic E-state index is 0.374. The van der Waals surface area contributed by atoms with Gasteiger partial charge in [0.2, 0.25) is 0 Å². The molecule has 1 N–H and O–H groups in total. The van der Waals surface area contributed by atoms with Crippen molar-refractivity contribution < 1.29 is 9.90 Å². The largest absolute Gasteiger partial charge is 0.478 e. The molecule has 1 atom stereocenters. The van der Waals surface area contributed by atoms with E-state index in [2.05, 4.69) is 4.90 Å². The van der Waals surface area contributed by atoms with Crippen molar-refractivity contribution in [2.24, 2.45) is 0 Å². The van der Waals surface area contributed by atoms with Gasteiger partial charge >= 0.3 is 5.97 Å². The molecule has 0 fully saturated rings. The molecular formula is C12H15NO2. The Bertz CT molecular complexity index is 399. The molecule has 0 saturated heterocycles. The number of nitrogens with zero attached hydrogens (tertiary/aromatic N) is 1. The van der Waals surface area contributed by atoms with E-state index in [1.54, 1.807) is 6.07 Å². The first-order chi connectivity index (χ1) is 7.09. The van der Waals surface area contributed by atoms with Crippen LogP contribution in [0, 0.1) is 0 Å². The lowest BCUT2D eigenvalue weighted by Gasteiger charge is -2.20. The average Bonchev–Trinajstić information content (AvgIpc) is 2.59. The summed E-state index contributed by atoms with van der Waals surface area (Å²) in [6, 6.07) is 5.83. The Hall–Kier alpha value is -1.35. The van der Waals surface area contributed by atoms with Gasteiger partial charge < -0.3 is 10.0 Å². The summed E-state index contributed by atoms with van der Waals surface area (Å²) in [7, 11) is 4.07. The quantitative estimate of drug-likeness (QED) is 0.802. The van der Waals surface area contributed by atoms with E-state index in [9.17, 15) is 4.79 Å². The molecule has 0 radical (unpaired) electrons. The molecule has 0 amide bonds. The highest BCUT2D eigenvalue weighted by Gasteiger charge is 2.24. The molecule has 3 heteroatoms. The molecule has 0 bridgehead atoms. The van der Waals surface area contributed by atoms with Crippen LogP contribution in [-0.4, -0.2) is 30.1 Å². The van der Waals surface area contributed by atoms with E-state index in [1.165, 1.54) is 11.1 Å². The van der Waals surface area contributed by atoms with Crippen molar-refractivity contribution in [3.8, 4) is 0 Å². The smallest absolute Gasteiger partial charge is 0.335 e. The van der Waals surface area contributed by atoms with E-state index in [-0.39, 0.29) is 0 Å². The molecule has 3 nitrogen and oxygen atoms in total. The van der Waals surface area contributed by atoms with Crippen molar-refractivity contribution >= 4 is 5.97 Å². The van der Waals surface area contributed by atoms with Gasteiger partial charge in [0.05, 0.1) is 5.56 Å². The number of rotatable bonds is 2. The number of benzene rings is 1. The Morgan fingerprint density at radius 1 is 1.47 bits per heavy atom. The maximum Gasteiger partial charge on any atom is 0.335 e. The van der Waals surface area contributed by atoms with Crippen LogP contribution in [0.1, 0.15) is 33.9 Å². The number of aryl methyl sites for hydroxylation is 1. The van der Waals surface area contributed by atoms with Crippen LogP contribution in [0.15, 0.2) is 18.2 Å². The topological polar surface area (TPSA) is 40.5 Å². The van der Waals surface area contributed by atoms with Crippen molar-refractivity contribution in [3.63, 3.8) is 0 Å². The summed E-state index contributed by atoms with van der Waals surface area (Å²) in [5.41, 5.74) is 2.86. The summed E-state index contributed by atoms with van der Waals surface area (Å²) in [6.07, 6.45) is 2.14. The van der Waals surface area contributed by atoms with Gasteiger partial charge in [0, 0.05) is 6.04 Å². The number of hydrogen-bond acceptors (Lipinski definition) is 2. The maximum atomic E-state index is 10.9. The third-order valence-corrected chi connectivity index (χ3v) is 3.06. The second kappa shape index (κ2) is 3.66. The van der Waals surface area contributed by atoms with Gasteiger partial charge in [-0.05, 0) is 50.2 Å². The first kappa shape index (κ1) is 10.2. The van der Waals surface area contributed by atoms with E-state index in [0.29, 0.717) is 11.6 Å². The van der Waals surface area contributed by atoms with E-state index < -0.39 is 5.97 Å². The number of carboxylic acids is 1. The molecule has 0 spiro atoms. The lowest BCUT2D eigenvalue weighted by molar-refractivity contribution is 0.0696. The van der Waals surface area contributed by atoms with Crippen LogP contribution in [0.2, 0.25) is 0 Å². The van der Waals surface area contributed by atoms with Gasteiger partial charge in [-0.15, -0.1) is 0 Å². The maximum absolute atomic E-state index is 10.9. The van der Waals surface area contributed by atoms with E-state index in [1.807, 2.05) is 26.2 Å². The molecule has 0 saturated carbocycles. The normalized spacial score (nSPS) is 19.3. The van der Waals surface area contributed by atoms with Crippen molar-refractivity contribution in [3.05, 3.63) is 34.9 Å². The van der Waals surface area contributed by atoms with Crippen molar-refractivity contribution in [1.29, 1.82) is 0 Å². The predicted molar refractivity (Wildman–Crippen MR) is 58.2 cm³/mol. The Labute approximate surface area is 89.3 Å². The summed E-state index contributed by atoms with van der Waals surface area (Å²) >= 11 is 0. The summed E-state index contributed by atoms with van der Waals surface area (Å²) in [6.45, 7) is 0. The van der Waals surface area contributed by atoms with E-state index >= 15 is 0 Å². The molecule has 1 aromatic carbocycles. The lowest BCUT2D eigenvalue weighted by atomic mass is 10.0. The first-order valence-electron chi connectivity index (χ1n) is 5.12. The zero-order valence-electron chi connectivity index (χ0n) is 9.03. The van der Waals surface area contributed by atoms with Crippen LogP contribution in [-0.2, 0) is 6.42 Å². The first-order valence-corrected chi connectivity index (χ1v) is 5.12. The Balaban J connectivity index is 2.42. The van der Waals surface area contributed by atoms with Gasteiger partial charge in [-0.3, -0.25) is 0 Å². The van der Waals surface area contributed by atoms with Gasteiger partial charge in [-0.2, -0.15) is 0 Å². The number of carbonyl (C=O) groups is 1. The summed E-state index contributed by atoms with van der Waals surface area (Å²) < 4.78 is 0. The van der Waals surface area contributed by atoms with Gasteiger partial charge in [0.25, 0.3) is 0 Å². The van der Waals surface area contributed by atoms with Crippen LogP contribution in [0.25, 0.3) is 0 Å². The highest BCUT2D eigenvalue weighted by Crippen LogP contribution is 2.34. The summed E-state index contributed by atoms with van der Waals surface area (Å²) in [5.74, 6) is -0.845. The summed E-state index contributed by atoms with van der Waals surface area (Å²) in [4.78, 5) is 13.0. The van der Waals surface area contributed by atoms with Gasteiger partial charge in [-0.25, -0.2) is 4.79 Å². The lowest BCUT2D eigenvalue weighted by Crippen LogP contribution is -2.17. The van der Waals surface area contributed by atoms with Crippen molar-refractivity contribution in [2.75, 3.05) is 14.1 Å². The zero-order chi connectivity index (χ0) is 11.0. The monoisotopic (exact) mass is 205 g/mol. The molecule has 1 aromatic rings. The van der Waals surface area contributed by atoms with Crippen LogP contribution < -0.4 is 0 Å². The third kappa shape index (κ3) is 1.75. The molecule has 1 aliphatic carbocycles. The molecule has 1 aliphatic rings. The number of hydrogen-bond donors (Lipinski definition) is 1. The van der Waals surface area contributed by atoms with Gasteiger partial charge in [0.1, 0.15) is 0 Å². The Morgan fingerprint density at radius 2 is 2.20 bits per heavy atom. The van der Waals surface area contributed by atoms with E-state index in [4.69, 9.17) is 5.11 Å². The highest BCUT2D eigenvalue weighted by atomic mass is 16.4. The van der Waals surface area contributed by atoms with Crippen LogP contribution in [0.5, 0.6) is 0 Å². The second-order valence-corrected chi connectivity index (χ2v) is 4.24. The van der Waals surface area contributed by atoms with Crippen LogP contribution in [0.4, 0.5) is 0 Å². The second-order valence-electron chi connectivity index (χ2n) is 4.24. The SMILES string of the molecule is CN(C)C1CCc2ccc(C(=O)O)cc21. The fraction of sp³-hybridized carbons (Fsp3) is 0.417. The molecule has 1 unspecified atom stereocenters. The molecule has 0 heterocycles. The number of aromatic carboxylic acids is 1. The fourth-order valence-corrected chi connectivity index (χ4v) is 2.25.